The molecule has 2 unspecified atom stereocenters. The van der Waals surface area contributed by atoms with Gasteiger partial charge in [0.1, 0.15) is 5.60 Å². The summed E-state index contributed by atoms with van der Waals surface area (Å²) in [5.74, 6) is 0.539. The number of ether oxygens (including phenoxy) is 1. The molecule has 2 aromatic carbocycles. The average molecular weight is 430 g/mol. The van der Waals surface area contributed by atoms with E-state index >= 15 is 0 Å². The van der Waals surface area contributed by atoms with Crippen LogP contribution in [0.2, 0.25) is 0 Å². The summed E-state index contributed by atoms with van der Waals surface area (Å²) in [6.45, 7) is 4.56. The highest BCUT2D eigenvalue weighted by atomic mass is 127. The van der Waals surface area contributed by atoms with E-state index in [1.54, 1.807) is 0 Å². The fourth-order valence-electron chi connectivity index (χ4n) is 4.45. The lowest BCUT2D eigenvalue weighted by atomic mass is 9.80. The highest BCUT2D eigenvalue weighted by molar-refractivity contribution is 14.1. The number of hydrogen-bond acceptors (Lipinski definition) is 1. The van der Waals surface area contributed by atoms with Crippen LogP contribution in [-0.2, 0) is 10.3 Å². The van der Waals surface area contributed by atoms with Crippen molar-refractivity contribution in [2.75, 3.05) is 4.43 Å². The van der Waals surface area contributed by atoms with Crippen molar-refractivity contribution in [2.45, 2.75) is 38.4 Å². The number of benzene rings is 2. The Morgan fingerprint density at radius 2 is 1.58 bits per heavy atom. The second kappa shape index (κ2) is 6.30. The maximum Gasteiger partial charge on any atom is 0.138 e. The maximum atomic E-state index is 6.89. The zero-order valence-corrected chi connectivity index (χ0v) is 16.4. The SMILES string of the molecule is CCCC1C(C)=CC2(OC1CI)c1ccccc1-c1ccccc12. The lowest BCUT2D eigenvalue weighted by Crippen LogP contribution is -2.41. The highest BCUT2D eigenvalue weighted by Crippen LogP contribution is 2.54. The maximum absolute atomic E-state index is 6.89. The second-order valence-electron chi connectivity index (χ2n) is 6.92. The molecule has 0 aromatic heterocycles. The third kappa shape index (κ3) is 2.30. The molecule has 2 aromatic rings. The number of halogens is 1. The molecule has 0 bridgehead atoms. The Kier molecular flexibility index (Phi) is 4.29. The number of hydrogen-bond donors (Lipinski definition) is 0. The first-order valence-electron chi connectivity index (χ1n) is 8.83. The smallest absolute Gasteiger partial charge is 0.138 e. The van der Waals surface area contributed by atoms with Crippen molar-refractivity contribution in [2.24, 2.45) is 5.92 Å². The van der Waals surface area contributed by atoms with Gasteiger partial charge < -0.3 is 4.74 Å². The van der Waals surface area contributed by atoms with Gasteiger partial charge >= 0.3 is 0 Å². The molecule has 1 aliphatic heterocycles. The number of rotatable bonds is 3. The Balaban J connectivity index is 1.94. The third-order valence-electron chi connectivity index (χ3n) is 5.50. The van der Waals surface area contributed by atoms with Gasteiger partial charge in [-0.25, -0.2) is 0 Å². The number of fused-ring (bicyclic) bond motifs is 5. The van der Waals surface area contributed by atoms with E-state index in [2.05, 4.69) is 91.0 Å². The van der Waals surface area contributed by atoms with E-state index in [0.29, 0.717) is 5.92 Å². The van der Waals surface area contributed by atoms with Gasteiger partial charge in [-0.2, -0.15) is 0 Å². The summed E-state index contributed by atoms with van der Waals surface area (Å²) in [7, 11) is 0. The normalized spacial score (nSPS) is 23.7. The van der Waals surface area contributed by atoms with E-state index in [-0.39, 0.29) is 6.10 Å². The van der Waals surface area contributed by atoms with E-state index in [9.17, 15) is 0 Å². The molecule has 2 aliphatic rings. The lowest BCUT2D eigenvalue weighted by Gasteiger charge is -2.42. The minimum absolute atomic E-state index is 0.273. The molecule has 1 nitrogen and oxygen atoms in total. The Bertz CT molecular complexity index is 747. The highest BCUT2D eigenvalue weighted by Gasteiger charge is 2.47. The van der Waals surface area contributed by atoms with Crippen LogP contribution in [0.25, 0.3) is 11.1 Å². The molecule has 1 aliphatic carbocycles. The van der Waals surface area contributed by atoms with Crippen LogP contribution in [0.3, 0.4) is 0 Å². The summed E-state index contributed by atoms with van der Waals surface area (Å²) >= 11 is 2.49. The van der Waals surface area contributed by atoms with Gasteiger partial charge in [-0.3, -0.25) is 0 Å². The molecular weight excluding hydrogens is 407 g/mol. The van der Waals surface area contributed by atoms with E-state index in [4.69, 9.17) is 4.74 Å². The summed E-state index contributed by atoms with van der Waals surface area (Å²) in [6, 6.07) is 17.5. The van der Waals surface area contributed by atoms with E-state index in [1.807, 2.05) is 0 Å². The topological polar surface area (TPSA) is 9.23 Å². The van der Waals surface area contributed by atoms with Crippen LogP contribution in [0, 0.1) is 5.92 Å². The van der Waals surface area contributed by atoms with Crippen molar-refractivity contribution < 1.29 is 4.74 Å². The molecule has 0 saturated carbocycles. The van der Waals surface area contributed by atoms with Gasteiger partial charge in [0.15, 0.2) is 0 Å². The molecule has 1 spiro atoms. The van der Waals surface area contributed by atoms with Gasteiger partial charge in [0.2, 0.25) is 0 Å². The monoisotopic (exact) mass is 430 g/mol. The zero-order valence-electron chi connectivity index (χ0n) is 14.3. The van der Waals surface area contributed by atoms with Crippen LogP contribution in [-0.4, -0.2) is 10.5 Å². The van der Waals surface area contributed by atoms with Gasteiger partial charge in [0.25, 0.3) is 0 Å². The molecule has 0 fully saturated rings. The van der Waals surface area contributed by atoms with Crippen molar-refractivity contribution in [3.8, 4) is 11.1 Å². The summed E-state index contributed by atoms with van der Waals surface area (Å²) in [4.78, 5) is 0. The van der Waals surface area contributed by atoms with Crippen LogP contribution in [0.4, 0.5) is 0 Å². The van der Waals surface area contributed by atoms with E-state index in [1.165, 1.54) is 40.7 Å². The molecule has 0 N–H and O–H groups in total. The molecule has 2 atom stereocenters. The van der Waals surface area contributed by atoms with Crippen LogP contribution in [0.15, 0.2) is 60.2 Å². The minimum Gasteiger partial charge on any atom is -0.357 e. The largest absolute Gasteiger partial charge is 0.357 e. The molecular formula is C22H23IO. The second-order valence-corrected chi connectivity index (χ2v) is 7.80. The van der Waals surface area contributed by atoms with Crippen LogP contribution >= 0.6 is 22.6 Å². The molecule has 0 amide bonds. The van der Waals surface area contributed by atoms with Crippen molar-refractivity contribution in [1.82, 2.24) is 0 Å². The van der Waals surface area contributed by atoms with Gasteiger partial charge in [-0.05, 0) is 30.5 Å². The Morgan fingerprint density at radius 3 is 2.12 bits per heavy atom. The standard InChI is InChI=1S/C22H23IO/c1-3-8-16-15(2)13-22(24-21(16)14-23)19-11-6-4-9-17(19)18-10-5-7-12-20(18)22/h4-7,9-13,16,21H,3,8,14H2,1-2H3. The van der Waals surface area contributed by atoms with Crippen molar-refractivity contribution in [1.29, 1.82) is 0 Å². The fourth-order valence-corrected chi connectivity index (χ4v) is 5.24. The van der Waals surface area contributed by atoms with Crippen molar-refractivity contribution in [3.05, 3.63) is 71.3 Å². The Morgan fingerprint density at radius 1 is 1.00 bits per heavy atom. The molecule has 0 radical (unpaired) electrons. The van der Waals surface area contributed by atoms with Crippen molar-refractivity contribution >= 4 is 22.6 Å². The summed E-state index contributed by atoms with van der Waals surface area (Å²) in [5, 5.41) is 0. The summed E-state index contributed by atoms with van der Waals surface area (Å²) in [5.41, 5.74) is 6.32. The summed E-state index contributed by atoms with van der Waals surface area (Å²) in [6.07, 6.45) is 5.08. The fraction of sp³-hybridized carbons (Fsp3) is 0.364. The first-order valence-corrected chi connectivity index (χ1v) is 10.4. The van der Waals surface area contributed by atoms with Crippen LogP contribution < -0.4 is 0 Å². The lowest BCUT2D eigenvalue weighted by molar-refractivity contribution is -0.0622. The van der Waals surface area contributed by atoms with Gasteiger partial charge in [0.05, 0.1) is 6.10 Å². The average Bonchev–Trinajstić information content (AvgIpc) is 2.88. The molecule has 24 heavy (non-hydrogen) atoms. The molecule has 2 heteroatoms. The molecule has 4 rings (SSSR count). The quantitative estimate of drug-likeness (QED) is 0.325. The van der Waals surface area contributed by atoms with Gasteiger partial charge in [0, 0.05) is 21.5 Å². The van der Waals surface area contributed by atoms with Crippen LogP contribution in [0.1, 0.15) is 37.8 Å². The molecule has 1 heterocycles. The molecule has 0 saturated heterocycles. The summed E-state index contributed by atoms with van der Waals surface area (Å²) < 4.78 is 7.92. The molecule has 124 valence electrons. The number of alkyl halides is 1. The van der Waals surface area contributed by atoms with E-state index < -0.39 is 5.60 Å². The predicted octanol–water partition coefficient (Wildman–Crippen LogP) is 6.11. The van der Waals surface area contributed by atoms with Gasteiger partial charge in [-0.15, -0.1) is 0 Å². The van der Waals surface area contributed by atoms with Crippen LogP contribution in [0.5, 0.6) is 0 Å². The van der Waals surface area contributed by atoms with Gasteiger partial charge in [-0.1, -0.05) is 90.0 Å². The first kappa shape index (κ1) is 16.3. The van der Waals surface area contributed by atoms with E-state index in [0.717, 1.165) is 4.43 Å². The predicted molar refractivity (Wildman–Crippen MR) is 109 cm³/mol. The Hall–Kier alpha value is -1.13. The third-order valence-corrected chi connectivity index (χ3v) is 6.37. The first-order chi connectivity index (χ1) is 11.7. The Labute approximate surface area is 158 Å². The zero-order chi connectivity index (χ0) is 16.7. The van der Waals surface area contributed by atoms with Crippen molar-refractivity contribution in [3.63, 3.8) is 0 Å². The minimum atomic E-state index is -0.405.